The molecule has 1 aliphatic rings. The molecule has 1 aliphatic heterocycles. The Hall–Kier alpha value is -1.52. The van der Waals surface area contributed by atoms with Gasteiger partial charge in [0.05, 0.1) is 0 Å². The molecule has 11 heavy (non-hydrogen) atoms. The van der Waals surface area contributed by atoms with Gasteiger partial charge < -0.3 is 15.5 Å². The van der Waals surface area contributed by atoms with E-state index in [1.54, 1.807) is 0 Å². The summed E-state index contributed by atoms with van der Waals surface area (Å²) >= 11 is 0. The first-order valence-electron chi connectivity index (χ1n) is 2.99. The molecule has 0 spiro atoms. The van der Waals surface area contributed by atoms with Crippen molar-refractivity contribution in [3.63, 3.8) is 0 Å². The molecule has 0 saturated carbocycles. The summed E-state index contributed by atoms with van der Waals surface area (Å²) in [5.41, 5.74) is 0. The van der Waals surface area contributed by atoms with Crippen LogP contribution in [0.1, 0.15) is 6.42 Å². The molecule has 1 heterocycles. The molecule has 0 saturated heterocycles. The normalized spacial score (nSPS) is 12.7. The molecular formula is C6H9NO4. The third kappa shape index (κ3) is 6.36. The Labute approximate surface area is 63.3 Å². The number of hydrogen-bond acceptors (Lipinski definition) is 3. The van der Waals surface area contributed by atoms with Gasteiger partial charge in [-0.15, -0.1) is 0 Å². The minimum atomic E-state index is -1.82. The summed E-state index contributed by atoms with van der Waals surface area (Å²) < 4.78 is 0. The van der Waals surface area contributed by atoms with E-state index in [0.29, 0.717) is 0 Å². The number of carbonyl (C=O) groups is 2. The summed E-state index contributed by atoms with van der Waals surface area (Å²) in [4.78, 5) is 18.2. The highest BCUT2D eigenvalue weighted by Crippen LogP contribution is 1.84. The number of carboxylic acid groups (broad SMARTS) is 2. The minimum Gasteiger partial charge on any atom is -0.473 e. The number of hydrogen-bond donors (Lipinski definition) is 3. The van der Waals surface area contributed by atoms with Crippen molar-refractivity contribution in [3.8, 4) is 0 Å². The predicted molar refractivity (Wildman–Crippen MR) is 37.0 cm³/mol. The average molecular weight is 159 g/mol. The van der Waals surface area contributed by atoms with Crippen molar-refractivity contribution in [2.45, 2.75) is 6.42 Å². The summed E-state index contributed by atoms with van der Waals surface area (Å²) in [6.45, 7) is 1.14. The van der Waals surface area contributed by atoms with Gasteiger partial charge in [0.15, 0.2) is 0 Å². The van der Waals surface area contributed by atoms with Gasteiger partial charge in [-0.3, -0.25) is 0 Å². The summed E-state index contributed by atoms with van der Waals surface area (Å²) in [6, 6.07) is 0. The lowest BCUT2D eigenvalue weighted by atomic mass is 10.5. The Morgan fingerprint density at radius 2 is 1.82 bits per heavy atom. The quantitative estimate of drug-likeness (QED) is 0.420. The zero-order chi connectivity index (χ0) is 8.69. The molecule has 0 atom stereocenters. The lowest BCUT2D eigenvalue weighted by Crippen LogP contribution is -2.09. The van der Waals surface area contributed by atoms with Crippen molar-refractivity contribution in [2.75, 3.05) is 6.54 Å². The van der Waals surface area contributed by atoms with Crippen LogP contribution in [0, 0.1) is 0 Å². The fourth-order valence-corrected chi connectivity index (χ4v) is 0.417. The Bertz CT molecular complexity index is 157. The molecule has 0 bridgehead atoms. The molecule has 0 aliphatic carbocycles. The first kappa shape index (κ1) is 9.48. The lowest BCUT2D eigenvalue weighted by Gasteiger charge is -1.78. The van der Waals surface area contributed by atoms with Crippen LogP contribution in [-0.4, -0.2) is 28.7 Å². The minimum absolute atomic E-state index is 1.14. The second kappa shape index (κ2) is 5.28. The van der Waals surface area contributed by atoms with Crippen LogP contribution in [-0.2, 0) is 9.59 Å². The van der Waals surface area contributed by atoms with E-state index in [1.165, 1.54) is 6.42 Å². The number of aliphatic carboxylic acids is 2. The Kier molecular flexibility index (Phi) is 4.55. The van der Waals surface area contributed by atoms with Crippen LogP contribution in [0.15, 0.2) is 12.3 Å². The fourth-order valence-electron chi connectivity index (χ4n) is 0.417. The van der Waals surface area contributed by atoms with E-state index in [2.05, 4.69) is 11.4 Å². The monoisotopic (exact) mass is 159 g/mol. The van der Waals surface area contributed by atoms with Crippen molar-refractivity contribution in [1.29, 1.82) is 0 Å². The largest absolute Gasteiger partial charge is 0.473 e. The number of carboxylic acids is 2. The number of nitrogens with one attached hydrogen (secondary N) is 1. The Morgan fingerprint density at radius 1 is 1.27 bits per heavy atom. The summed E-state index contributed by atoms with van der Waals surface area (Å²) in [5.74, 6) is -3.65. The van der Waals surface area contributed by atoms with Gasteiger partial charge in [0.2, 0.25) is 0 Å². The third-order valence-electron chi connectivity index (χ3n) is 0.874. The first-order chi connectivity index (χ1) is 5.14. The molecule has 0 radical (unpaired) electrons. The maximum atomic E-state index is 9.10. The highest BCUT2D eigenvalue weighted by molar-refractivity contribution is 6.27. The van der Waals surface area contributed by atoms with Crippen molar-refractivity contribution < 1.29 is 19.8 Å². The van der Waals surface area contributed by atoms with Crippen LogP contribution in [0.5, 0.6) is 0 Å². The van der Waals surface area contributed by atoms with E-state index in [4.69, 9.17) is 19.8 Å². The maximum Gasteiger partial charge on any atom is 0.414 e. The fraction of sp³-hybridized carbons (Fsp3) is 0.333. The third-order valence-corrected chi connectivity index (χ3v) is 0.874. The van der Waals surface area contributed by atoms with Gasteiger partial charge in [-0.1, -0.05) is 6.08 Å². The average Bonchev–Trinajstić information content (AvgIpc) is 2.41. The SMILES string of the molecule is C1=CNCC1.O=C(O)C(=O)O. The summed E-state index contributed by atoms with van der Waals surface area (Å²) in [5, 5.41) is 17.8. The topological polar surface area (TPSA) is 86.6 Å². The van der Waals surface area contributed by atoms with E-state index in [1.807, 2.05) is 6.20 Å². The Morgan fingerprint density at radius 3 is 1.91 bits per heavy atom. The highest BCUT2D eigenvalue weighted by Gasteiger charge is 2.04. The first-order valence-corrected chi connectivity index (χ1v) is 2.99. The van der Waals surface area contributed by atoms with Gasteiger partial charge in [0.1, 0.15) is 0 Å². The second-order valence-corrected chi connectivity index (χ2v) is 1.76. The van der Waals surface area contributed by atoms with E-state index in [-0.39, 0.29) is 0 Å². The van der Waals surface area contributed by atoms with Crippen LogP contribution >= 0.6 is 0 Å². The molecule has 0 aromatic heterocycles. The van der Waals surface area contributed by atoms with Crippen LogP contribution in [0.3, 0.4) is 0 Å². The van der Waals surface area contributed by atoms with Gasteiger partial charge >= 0.3 is 11.9 Å². The molecular weight excluding hydrogens is 150 g/mol. The molecule has 0 amide bonds. The van der Waals surface area contributed by atoms with Crippen LogP contribution in [0.4, 0.5) is 0 Å². The molecule has 0 unspecified atom stereocenters. The van der Waals surface area contributed by atoms with Gasteiger partial charge in [0.25, 0.3) is 0 Å². The van der Waals surface area contributed by atoms with Crippen LogP contribution in [0.25, 0.3) is 0 Å². The van der Waals surface area contributed by atoms with Crippen molar-refractivity contribution in [3.05, 3.63) is 12.3 Å². The van der Waals surface area contributed by atoms with Gasteiger partial charge in [-0.25, -0.2) is 9.59 Å². The Balaban J connectivity index is 0.000000183. The highest BCUT2D eigenvalue weighted by atomic mass is 16.4. The van der Waals surface area contributed by atoms with E-state index in [9.17, 15) is 0 Å². The predicted octanol–water partition coefficient (Wildman–Crippen LogP) is -0.351. The zero-order valence-corrected chi connectivity index (χ0v) is 5.78. The molecule has 0 fully saturated rings. The van der Waals surface area contributed by atoms with Crippen molar-refractivity contribution >= 4 is 11.9 Å². The van der Waals surface area contributed by atoms with Crippen LogP contribution < -0.4 is 5.32 Å². The molecule has 62 valence electrons. The van der Waals surface area contributed by atoms with E-state index < -0.39 is 11.9 Å². The van der Waals surface area contributed by atoms with Crippen molar-refractivity contribution in [2.24, 2.45) is 0 Å². The zero-order valence-electron chi connectivity index (χ0n) is 5.78. The summed E-state index contributed by atoms with van der Waals surface area (Å²) in [7, 11) is 0. The molecule has 5 nitrogen and oxygen atoms in total. The molecule has 0 aromatic carbocycles. The second-order valence-electron chi connectivity index (χ2n) is 1.76. The molecule has 3 N–H and O–H groups in total. The van der Waals surface area contributed by atoms with E-state index in [0.717, 1.165) is 6.54 Å². The smallest absolute Gasteiger partial charge is 0.414 e. The van der Waals surface area contributed by atoms with Crippen molar-refractivity contribution in [1.82, 2.24) is 5.32 Å². The van der Waals surface area contributed by atoms with Gasteiger partial charge in [-0.2, -0.15) is 0 Å². The molecule has 5 heteroatoms. The standard InChI is InChI=1S/C4H7N.C2H2O4/c1-2-4-5-3-1;3-1(4)2(5)6/h1,3,5H,2,4H2;(H,3,4)(H,5,6). The van der Waals surface area contributed by atoms with Gasteiger partial charge in [-0.05, 0) is 12.6 Å². The maximum absolute atomic E-state index is 9.10. The van der Waals surface area contributed by atoms with E-state index >= 15 is 0 Å². The lowest BCUT2D eigenvalue weighted by molar-refractivity contribution is -0.159. The van der Waals surface area contributed by atoms with Gasteiger partial charge in [0, 0.05) is 6.54 Å². The molecule has 0 aromatic rings. The van der Waals surface area contributed by atoms with Crippen LogP contribution in [0.2, 0.25) is 0 Å². The molecule has 1 rings (SSSR count). The number of rotatable bonds is 0. The summed E-state index contributed by atoms with van der Waals surface area (Å²) in [6.07, 6.45) is 5.32.